The molecule has 1 aromatic heterocycles. The van der Waals surface area contributed by atoms with E-state index < -0.39 is 0 Å². The molecule has 0 aliphatic carbocycles. The van der Waals surface area contributed by atoms with Crippen molar-refractivity contribution in [2.75, 3.05) is 0 Å². The summed E-state index contributed by atoms with van der Waals surface area (Å²) in [6, 6.07) is 6.43. The molecule has 0 aliphatic heterocycles. The Balaban J connectivity index is 2.54. The van der Waals surface area contributed by atoms with E-state index in [0.717, 1.165) is 5.56 Å². The molecule has 0 aliphatic rings. The van der Waals surface area contributed by atoms with Crippen molar-refractivity contribution in [1.29, 1.82) is 0 Å². The van der Waals surface area contributed by atoms with Gasteiger partial charge in [-0.2, -0.15) is 0 Å². The largest absolute Gasteiger partial charge is 0.421 e. The minimum absolute atomic E-state index is 0.142. The van der Waals surface area contributed by atoms with Crippen LogP contribution in [0, 0.1) is 6.92 Å². The van der Waals surface area contributed by atoms with Crippen LogP contribution in [0.4, 0.5) is 0 Å². The Kier molecular flexibility index (Phi) is 3.48. The zero-order valence-electron chi connectivity index (χ0n) is 12.6. The monoisotopic (exact) mass is 258 g/mol. The lowest BCUT2D eigenvalue weighted by atomic mass is 9.80. The van der Waals surface area contributed by atoms with E-state index in [1.54, 1.807) is 0 Å². The van der Waals surface area contributed by atoms with Crippen LogP contribution in [0.3, 0.4) is 0 Å². The highest BCUT2D eigenvalue weighted by Gasteiger charge is 2.20. The predicted octanol–water partition coefficient (Wildman–Crippen LogP) is 4.47. The molecule has 0 amide bonds. The highest BCUT2D eigenvalue weighted by atomic mass is 16.4. The van der Waals surface area contributed by atoms with E-state index >= 15 is 0 Å². The molecule has 1 aromatic carbocycles. The fourth-order valence-electron chi connectivity index (χ4n) is 2.27. The van der Waals surface area contributed by atoms with Gasteiger partial charge in [0.2, 0.25) is 11.8 Å². The third-order valence-corrected chi connectivity index (χ3v) is 3.25. The third kappa shape index (κ3) is 2.86. The maximum absolute atomic E-state index is 5.51. The molecule has 1 heterocycles. The van der Waals surface area contributed by atoms with Crippen LogP contribution in [-0.4, -0.2) is 10.2 Å². The molecule has 0 spiro atoms. The average molecular weight is 258 g/mol. The topological polar surface area (TPSA) is 38.9 Å². The Hall–Kier alpha value is -1.64. The first kappa shape index (κ1) is 13.8. The lowest BCUT2D eigenvalue weighted by Gasteiger charge is -2.25. The van der Waals surface area contributed by atoms with E-state index in [1.165, 1.54) is 11.1 Å². The number of aromatic nitrogens is 2. The van der Waals surface area contributed by atoms with Crippen molar-refractivity contribution >= 4 is 0 Å². The van der Waals surface area contributed by atoms with Crippen molar-refractivity contribution in [3.05, 3.63) is 35.2 Å². The summed E-state index contributed by atoms with van der Waals surface area (Å²) in [6.45, 7) is 13.0. The highest BCUT2D eigenvalue weighted by Crippen LogP contribution is 2.33. The molecule has 0 saturated heterocycles. The minimum Gasteiger partial charge on any atom is -0.421 e. The molecule has 2 rings (SSSR count). The van der Waals surface area contributed by atoms with Gasteiger partial charge in [0.1, 0.15) is 0 Å². The van der Waals surface area contributed by atoms with E-state index in [9.17, 15) is 0 Å². The van der Waals surface area contributed by atoms with Crippen molar-refractivity contribution in [2.45, 2.75) is 52.9 Å². The molecule has 0 atom stereocenters. The second-order valence-corrected chi connectivity index (χ2v) is 6.33. The molecule has 0 saturated carbocycles. The number of nitrogens with zero attached hydrogens (tertiary/aromatic N) is 2. The third-order valence-electron chi connectivity index (χ3n) is 3.25. The summed E-state index contributed by atoms with van der Waals surface area (Å²) in [6.07, 6.45) is 0. The molecule has 19 heavy (non-hydrogen) atoms. The summed E-state index contributed by atoms with van der Waals surface area (Å²) in [5.41, 5.74) is 3.86. The highest BCUT2D eigenvalue weighted by molar-refractivity contribution is 5.57. The van der Waals surface area contributed by atoms with Crippen LogP contribution in [0.25, 0.3) is 11.5 Å². The van der Waals surface area contributed by atoms with Crippen molar-refractivity contribution in [1.82, 2.24) is 10.2 Å². The molecule has 0 fully saturated rings. The van der Waals surface area contributed by atoms with Gasteiger partial charge in [-0.15, -0.1) is 10.2 Å². The lowest BCUT2D eigenvalue weighted by Crippen LogP contribution is -2.15. The van der Waals surface area contributed by atoms with Gasteiger partial charge in [-0.05, 0) is 34.6 Å². The smallest absolute Gasteiger partial charge is 0.247 e. The minimum atomic E-state index is 0.142. The van der Waals surface area contributed by atoms with Crippen molar-refractivity contribution in [3.8, 4) is 11.5 Å². The van der Waals surface area contributed by atoms with Crippen molar-refractivity contribution in [3.63, 3.8) is 0 Å². The van der Waals surface area contributed by atoms with Gasteiger partial charge < -0.3 is 4.42 Å². The van der Waals surface area contributed by atoms with Crippen LogP contribution in [-0.2, 0) is 5.41 Å². The summed E-state index contributed by atoms with van der Waals surface area (Å²) < 4.78 is 5.51. The van der Waals surface area contributed by atoms with Gasteiger partial charge in [-0.3, -0.25) is 0 Å². The fraction of sp³-hybridized carbons (Fsp3) is 0.500. The maximum atomic E-state index is 5.51. The molecule has 0 radical (unpaired) electrons. The van der Waals surface area contributed by atoms with Gasteiger partial charge in [0.05, 0.1) is 0 Å². The molecular formula is C16H22N2O. The van der Waals surface area contributed by atoms with Gasteiger partial charge in [-0.1, -0.05) is 40.7 Å². The molecule has 3 nitrogen and oxygen atoms in total. The van der Waals surface area contributed by atoms with Crippen molar-refractivity contribution < 1.29 is 4.42 Å². The standard InChI is InChI=1S/C16H22N2O/c1-10(2)13-9-12(15-18-17-11(3)19-15)7-8-14(13)16(4,5)6/h7-10H,1-6H3. The summed E-state index contributed by atoms with van der Waals surface area (Å²) >= 11 is 0. The van der Waals surface area contributed by atoms with Crippen LogP contribution in [0.15, 0.2) is 22.6 Å². The second-order valence-electron chi connectivity index (χ2n) is 6.33. The second kappa shape index (κ2) is 4.80. The number of rotatable bonds is 2. The van der Waals surface area contributed by atoms with Crippen LogP contribution in [0.2, 0.25) is 0 Å². The Morgan fingerprint density at radius 2 is 1.79 bits per heavy atom. The number of hydrogen-bond acceptors (Lipinski definition) is 3. The summed E-state index contributed by atoms with van der Waals surface area (Å²) in [4.78, 5) is 0. The molecule has 0 bridgehead atoms. The lowest BCUT2D eigenvalue weighted by molar-refractivity contribution is 0.532. The van der Waals surface area contributed by atoms with Gasteiger partial charge in [0, 0.05) is 12.5 Å². The predicted molar refractivity (Wildman–Crippen MR) is 77.3 cm³/mol. The van der Waals surface area contributed by atoms with Crippen LogP contribution in [0.5, 0.6) is 0 Å². The van der Waals surface area contributed by atoms with E-state index in [-0.39, 0.29) is 5.41 Å². The van der Waals surface area contributed by atoms with Gasteiger partial charge in [-0.25, -0.2) is 0 Å². The van der Waals surface area contributed by atoms with Crippen LogP contribution < -0.4 is 0 Å². The Morgan fingerprint density at radius 3 is 2.26 bits per heavy atom. The van der Waals surface area contributed by atoms with Crippen molar-refractivity contribution in [2.24, 2.45) is 0 Å². The van der Waals surface area contributed by atoms with E-state index in [4.69, 9.17) is 4.42 Å². The zero-order chi connectivity index (χ0) is 14.2. The first-order chi connectivity index (χ1) is 8.79. The zero-order valence-corrected chi connectivity index (χ0v) is 12.6. The maximum Gasteiger partial charge on any atom is 0.247 e. The van der Waals surface area contributed by atoms with E-state index in [1.807, 2.05) is 6.92 Å². The SMILES string of the molecule is Cc1nnc(-c2ccc(C(C)(C)C)c(C(C)C)c2)o1. The molecular weight excluding hydrogens is 236 g/mol. The van der Waals surface area contributed by atoms with E-state index in [0.29, 0.717) is 17.7 Å². The number of benzene rings is 1. The first-order valence-electron chi connectivity index (χ1n) is 6.74. The molecule has 102 valence electrons. The molecule has 2 aromatic rings. The Bertz CT molecular complexity index is 577. The number of aryl methyl sites for hydroxylation is 1. The number of hydrogen-bond donors (Lipinski definition) is 0. The summed E-state index contributed by atoms with van der Waals surface area (Å²) in [7, 11) is 0. The van der Waals surface area contributed by atoms with Crippen LogP contribution in [0.1, 0.15) is 57.6 Å². The quantitative estimate of drug-likeness (QED) is 0.798. The van der Waals surface area contributed by atoms with Gasteiger partial charge in [0.25, 0.3) is 0 Å². The Morgan fingerprint density at radius 1 is 1.11 bits per heavy atom. The van der Waals surface area contributed by atoms with Gasteiger partial charge >= 0.3 is 0 Å². The molecule has 0 unspecified atom stereocenters. The van der Waals surface area contributed by atoms with Crippen LogP contribution >= 0.6 is 0 Å². The fourth-order valence-corrected chi connectivity index (χ4v) is 2.27. The Labute approximate surface area is 115 Å². The first-order valence-corrected chi connectivity index (χ1v) is 6.74. The summed E-state index contributed by atoms with van der Waals surface area (Å²) in [5.74, 6) is 1.67. The molecule has 0 N–H and O–H groups in total. The van der Waals surface area contributed by atoms with Gasteiger partial charge in [0.15, 0.2) is 0 Å². The normalized spacial score (nSPS) is 12.2. The van der Waals surface area contributed by atoms with E-state index in [2.05, 4.69) is 63.0 Å². The summed E-state index contributed by atoms with van der Waals surface area (Å²) in [5, 5.41) is 7.98. The molecule has 3 heteroatoms. The average Bonchev–Trinajstić information content (AvgIpc) is 2.74.